The fourth-order valence-corrected chi connectivity index (χ4v) is 3.94. The summed E-state index contributed by atoms with van der Waals surface area (Å²) in [6, 6.07) is 22.8. The molecular weight excluding hydrogens is 334 g/mol. The van der Waals surface area contributed by atoms with Crippen LogP contribution in [-0.4, -0.2) is 24.3 Å². The molecule has 0 fully saturated rings. The van der Waals surface area contributed by atoms with Gasteiger partial charge >= 0.3 is 0 Å². The molecule has 0 saturated carbocycles. The van der Waals surface area contributed by atoms with Gasteiger partial charge in [-0.1, -0.05) is 36.4 Å². The molecule has 0 atom stereocenters. The number of nitrogens with zero attached hydrogens (tertiary/aromatic N) is 5. The molecule has 5 aromatic rings. The summed E-state index contributed by atoms with van der Waals surface area (Å²) in [5.41, 5.74) is 5.43. The second-order valence-corrected chi connectivity index (χ2v) is 6.71. The molecule has 5 nitrogen and oxygen atoms in total. The summed E-state index contributed by atoms with van der Waals surface area (Å²) in [6.45, 7) is 0.818. The van der Waals surface area contributed by atoms with Crippen LogP contribution in [0.5, 0.6) is 0 Å². The van der Waals surface area contributed by atoms with Gasteiger partial charge in [-0.05, 0) is 35.9 Å². The molecule has 0 unspecified atom stereocenters. The molecule has 0 N–H and O–H groups in total. The first-order valence-corrected chi connectivity index (χ1v) is 8.93. The van der Waals surface area contributed by atoms with Gasteiger partial charge in [0.1, 0.15) is 0 Å². The van der Waals surface area contributed by atoms with Crippen molar-refractivity contribution in [2.24, 2.45) is 0 Å². The van der Waals surface area contributed by atoms with E-state index in [4.69, 9.17) is 0 Å². The number of benzene rings is 2. The number of hydrogen-bond donors (Lipinski definition) is 0. The van der Waals surface area contributed by atoms with E-state index in [1.54, 1.807) is 0 Å². The number of hydrogen-bond acceptors (Lipinski definition) is 3. The maximum Gasteiger partial charge on any atom is 0.185 e. The van der Waals surface area contributed by atoms with Crippen molar-refractivity contribution in [1.82, 2.24) is 24.3 Å². The lowest BCUT2D eigenvalue weighted by Gasteiger charge is -2.12. The van der Waals surface area contributed by atoms with Gasteiger partial charge in [-0.15, -0.1) is 10.2 Å². The van der Waals surface area contributed by atoms with Crippen LogP contribution in [0.15, 0.2) is 79.1 Å². The zero-order valence-corrected chi connectivity index (χ0v) is 14.4. The van der Waals surface area contributed by atoms with Crippen LogP contribution in [-0.2, 0) is 6.54 Å². The molecule has 5 heteroatoms. The van der Waals surface area contributed by atoms with Crippen molar-refractivity contribution >= 4 is 10.9 Å². The topological polar surface area (TPSA) is 48.5 Å². The van der Waals surface area contributed by atoms with E-state index in [0.29, 0.717) is 0 Å². The van der Waals surface area contributed by atoms with E-state index in [2.05, 4.69) is 73.0 Å². The van der Waals surface area contributed by atoms with E-state index >= 15 is 0 Å². The van der Waals surface area contributed by atoms with E-state index in [-0.39, 0.29) is 0 Å². The van der Waals surface area contributed by atoms with Crippen molar-refractivity contribution in [3.05, 3.63) is 84.7 Å². The number of aromatic nitrogens is 5. The molecule has 0 spiro atoms. The molecule has 1 aliphatic heterocycles. The van der Waals surface area contributed by atoms with E-state index in [1.807, 2.05) is 30.5 Å². The maximum atomic E-state index is 4.61. The predicted molar refractivity (Wildman–Crippen MR) is 105 cm³/mol. The van der Waals surface area contributed by atoms with E-state index in [1.165, 1.54) is 5.56 Å². The molecule has 0 saturated heterocycles. The summed E-state index contributed by atoms with van der Waals surface area (Å²) in [6.07, 6.45) is 3.93. The second-order valence-electron chi connectivity index (χ2n) is 6.71. The van der Waals surface area contributed by atoms with Gasteiger partial charge in [0.25, 0.3) is 0 Å². The second kappa shape index (κ2) is 5.38. The molecule has 1 aliphatic rings. The Labute approximate surface area is 155 Å². The Bertz CT molecular complexity index is 1310. The van der Waals surface area contributed by atoms with Crippen molar-refractivity contribution in [2.75, 3.05) is 0 Å². The third kappa shape index (κ3) is 2.02. The minimum atomic E-state index is 0.818. The number of para-hydroxylation sites is 2. The zero-order chi connectivity index (χ0) is 17.8. The predicted octanol–water partition coefficient (Wildman–Crippen LogP) is 4.31. The van der Waals surface area contributed by atoms with E-state index < -0.39 is 0 Å². The van der Waals surface area contributed by atoms with Crippen molar-refractivity contribution in [3.63, 3.8) is 0 Å². The van der Waals surface area contributed by atoms with Gasteiger partial charge < -0.3 is 4.57 Å². The molecule has 2 aromatic carbocycles. The van der Waals surface area contributed by atoms with E-state index in [0.717, 1.165) is 46.0 Å². The van der Waals surface area contributed by atoms with Gasteiger partial charge in [-0.25, -0.2) is 0 Å². The van der Waals surface area contributed by atoms with Gasteiger partial charge in [0, 0.05) is 29.9 Å². The first kappa shape index (κ1) is 14.4. The lowest BCUT2D eigenvalue weighted by Crippen LogP contribution is -2.02. The monoisotopic (exact) mass is 349 g/mol. The summed E-state index contributed by atoms with van der Waals surface area (Å²) in [4.78, 5) is 4.49. The standard InChI is InChI=1S/C22H15N5/c1-4-9-19-15(6-1)14-26-13-5-10-20(26)22-25-24-21(27(19)22)17-11-12-23-18-8-3-2-7-16(17)18/h1-13H,14H2. The van der Waals surface area contributed by atoms with Crippen LogP contribution >= 0.6 is 0 Å². The first-order valence-electron chi connectivity index (χ1n) is 8.93. The Balaban J connectivity index is 1.73. The van der Waals surface area contributed by atoms with Crippen molar-refractivity contribution in [2.45, 2.75) is 6.54 Å². The summed E-state index contributed by atoms with van der Waals surface area (Å²) in [5, 5.41) is 10.3. The zero-order valence-electron chi connectivity index (χ0n) is 14.4. The minimum absolute atomic E-state index is 0.818. The SMILES string of the molecule is c1ccc2c(c1)Cn1cccc1-c1nnc(-c3ccnc4ccccc34)n1-2. The highest BCUT2D eigenvalue weighted by Crippen LogP contribution is 2.35. The Morgan fingerprint density at radius 3 is 2.63 bits per heavy atom. The largest absolute Gasteiger partial charge is 0.340 e. The molecule has 6 rings (SSSR count). The van der Waals surface area contributed by atoms with Crippen LogP contribution in [0, 0.1) is 0 Å². The number of rotatable bonds is 1. The smallest absolute Gasteiger partial charge is 0.185 e. The quantitative estimate of drug-likeness (QED) is 0.444. The average molecular weight is 349 g/mol. The molecule has 27 heavy (non-hydrogen) atoms. The molecule has 4 heterocycles. The fourth-order valence-electron chi connectivity index (χ4n) is 3.94. The van der Waals surface area contributed by atoms with Gasteiger partial charge in [0.05, 0.1) is 16.9 Å². The first-order chi connectivity index (χ1) is 13.4. The highest BCUT2D eigenvalue weighted by molar-refractivity contribution is 5.93. The van der Waals surface area contributed by atoms with Gasteiger partial charge in [0.2, 0.25) is 0 Å². The van der Waals surface area contributed by atoms with Crippen molar-refractivity contribution < 1.29 is 0 Å². The molecule has 3 aromatic heterocycles. The Morgan fingerprint density at radius 1 is 0.778 bits per heavy atom. The molecular formula is C22H15N5. The highest BCUT2D eigenvalue weighted by atomic mass is 15.3. The van der Waals surface area contributed by atoms with Crippen LogP contribution in [0.2, 0.25) is 0 Å². The molecule has 0 radical (unpaired) electrons. The summed E-state index contributed by atoms with van der Waals surface area (Å²) >= 11 is 0. The third-order valence-corrected chi connectivity index (χ3v) is 5.18. The molecule has 128 valence electrons. The molecule has 0 amide bonds. The van der Waals surface area contributed by atoms with E-state index in [9.17, 15) is 0 Å². The average Bonchev–Trinajstić information content (AvgIpc) is 3.32. The van der Waals surface area contributed by atoms with Crippen LogP contribution in [0.25, 0.3) is 39.5 Å². The summed E-state index contributed by atoms with van der Waals surface area (Å²) in [5.74, 6) is 1.70. The lowest BCUT2D eigenvalue weighted by atomic mass is 10.1. The van der Waals surface area contributed by atoms with Crippen molar-refractivity contribution in [1.29, 1.82) is 0 Å². The summed E-state index contributed by atoms with van der Waals surface area (Å²) in [7, 11) is 0. The van der Waals surface area contributed by atoms with Crippen molar-refractivity contribution in [3.8, 4) is 28.6 Å². The third-order valence-electron chi connectivity index (χ3n) is 5.18. The Morgan fingerprint density at radius 2 is 1.63 bits per heavy atom. The normalized spacial score (nSPS) is 12.3. The summed E-state index contributed by atoms with van der Waals surface area (Å²) < 4.78 is 4.40. The van der Waals surface area contributed by atoms with Crippen LogP contribution in [0.4, 0.5) is 0 Å². The fraction of sp³-hybridized carbons (Fsp3) is 0.0455. The molecule has 0 aliphatic carbocycles. The van der Waals surface area contributed by atoms with Gasteiger partial charge in [-0.3, -0.25) is 9.55 Å². The lowest BCUT2D eigenvalue weighted by molar-refractivity contribution is 0.816. The van der Waals surface area contributed by atoms with Crippen LogP contribution < -0.4 is 0 Å². The van der Waals surface area contributed by atoms with Crippen LogP contribution in [0.1, 0.15) is 5.56 Å². The Kier molecular flexibility index (Phi) is 2.88. The van der Waals surface area contributed by atoms with Gasteiger partial charge in [-0.2, -0.15) is 0 Å². The minimum Gasteiger partial charge on any atom is -0.340 e. The number of pyridine rings is 1. The number of fused-ring (bicyclic) bond motifs is 6. The maximum absolute atomic E-state index is 4.61. The Hall–Kier alpha value is -3.73. The van der Waals surface area contributed by atoms with Gasteiger partial charge in [0.15, 0.2) is 11.6 Å². The van der Waals surface area contributed by atoms with Crippen LogP contribution in [0.3, 0.4) is 0 Å². The highest BCUT2D eigenvalue weighted by Gasteiger charge is 2.24. The molecule has 0 bridgehead atoms.